The van der Waals surface area contributed by atoms with Gasteiger partial charge in [-0.2, -0.15) is 0 Å². The lowest BCUT2D eigenvalue weighted by molar-refractivity contribution is -0.130. The van der Waals surface area contributed by atoms with Crippen LogP contribution >= 0.6 is 0 Å². The van der Waals surface area contributed by atoms with E-state index in [9.17, 15) is 9.59 Å². The molecule has 23 heavy (non-hydrogen) atoms. The molecule has 2 aliphatic rings. The van der Waals surface area contributed by atoms with E-state index in [1.165, 1.54) is 0 Å². The first-order valence-corrected chi connectivity index (χ1v) is 8.46. The number of nitrogens with one attached hydrogen (secondary N) is 1. The molecule has 0 aliphatic carbocycles. The first kappa shape index (κ1) is 16.2. The standard InChI is InChI=1S/C17H25N3O3/c21-16-2-1-14(12-18-16)11-15-3-6-20(13-15)17(22)4-5-19-7-9-23-10-8-19/h1-2,12,15H,3-11,13H2,(H,18,21). The summed E-state index contributed by atoms with van der Waals surface area (Å²) in [4.78, 5) is 30.4. The number of amides is 1. The van der Waals surface area contributed by atoms with Crippen LogP contribution in [-0.4, -0.2) is 66.6 Å². The minimum absolute atomic E-state index is 0.0694. The monoisotopic (exact) mass is 319 g/mol. The van der Waals surface area contributed by atoms with Crippen molar-refractivity contribution in [2.24, 2.45) is 5.92 Å². The largest absolute Gasteiger partial charge is 0.379 e. The number of aromatic nitrogens is 1. The zero-order valence-electron chi connectivity index (χ0n) is 13.5. The summed E-state index contributed by atoms with van der Waals surface area (Å²) in [6, 6.07) is 3.44. The number of hydrogen-bond acceptors (Lipinski definition) is 4. The number of aromatic amines is 1. The lowest BCUT2D eigenvalue weighted by Gasteiger charge is -2.27. The molecule has 1 N–H and O–H groups in total. The SMILES string of the molecule is O=C(CCN1CCOCC1)N1CCC(Cc2ccc(=O)[nH]c2)C1. The number of H-pyrrole nitrogens is 1. The summed E-state index contributed by atoms with van der Waals surface area (Å²) in [5.74, 6) is 0.758. The van der Waals surface area contributed by atoms with Crippen molar-refractivity contribution in [1.82, 2.24) is 14.8 Å². The first-order valence-electron chi connectivity index (χ1n) is 8.46. The maximum Gasteiger partial charge on any atom is 0.247 e. The van der Waals surface area contributed by atoms with Crippen LogP contribution in [0, 0.1) is 5.92 Å². The van der Waals surface area contributed by atoms with E-state index in [0.29, 0.717) is 12.3 Å². The Balaban J connectivity index is 1.42. The van der Waals surface area contributed by atoms with Gasteiger partial charge in [0.1, 0.15) is 0 Å². The second kappa shape index (κ2) is 7.75. The second-order valence-electron chi connectivity index (χ2n) is 6.46. The van der Waals surface area contributed by atoms with Crippen molar-refractivity contribution in [3.63, 3.8) is 0 Å². The molecule has 0 radical (unpaired) electrons. The number of morpholine rings is 1. The van der Waals surface area contributed by atoms with Crippen LogP contribution in [0.1, 0.15) is 18.4 Å². The molecule has 0 spiro atoms. The number of carbonyl (C=O) groups excluding carboxylic acids is 1. The van der Waals surface area contributed by atoms with E-state index in [0.717, 1.165) is 64.3 Å². The highest BCUT2D eigenvalue weighted by Crippen LogP contribution is 2.21. The van der Waals surface area contributed by atoms with Crippen LogP contribution in [-0.2, 0) is 16.0 Å². The highest BCUT2D eigenvalue weighted by Gasteiger charge is 2.26. The van der Waals surface area contributed by atoms with Gasteiger partial charge in [-0.3, -0.25) is 14.5 Å². The molecule has 126 valence electrons. The van der Waals surface area contributed by atoms with E-state index in [1.54, 1.807) is 12.3 Å². The molecule has 0 bridgehead atoms. The molecule has 6 nitrogen and oxygen atoms in total. The molecule has 0 saturated carbocycles. The third-order valence-corrected chi connectivity index (χ3v) is 4.76. The number of likely N-dealkylation sites (tertiary alicyclic amines) is 1. The van der Waals surface area contributed by atoms with Crippen molar-refractivity contribution in [3.8, 4) is 0 Å². The molecule has 2 fully saturated rings. The van der Waals surface area contributed by atoms with Crippen LogP contribution in [0.25, 0.3) is 0 Å². The number of pyridine rings is 1. The summed E-state index contributed by atoms with van der Waals surface area (Å²) in [5.41, 5.74) is 1.07. The Morgan fingerprint density at radius 2 is 2.09 bits per heavy atom. The molecule has 1 aromatic rings. The van der Waals surface area contributed by atoms with Crippen LogP contribution in [0.3, 0.4) is 0 Å². The van der Waals surface area contributed by atoms with Gasteiger partial charge in [-0.1, -0.05) is 6.07 Å². The van der Waals surface area contributed by atoms with Crippen LogP contribution in [0.15, 0.2) is 23.1 Å². The van der Waals surface area contributed by atoms with Gasteiger partial charge in [0, 0.05) is 51.4 Å². The van der Waals surface area contributed by atoms with Gasteiger partial charge in [-0.15, -0.1) is 0 Å². The predicted octanol–water partition coefficient (Wildman–Crippen LogP) is 0.488. The first-order chi connectivity index (χ1) is 11.2. The van der Waals surface area contributed by atoms with Crippen molar-refractivity contribution in [1.29, 1.82) is 0 Å². The van der Waals surface area contributed by atoms with Crippen molar-refractivity contribution >= 4 is 5.91 Å². The van der Waals surface area contributed by atoms with Crippen LogP contribution < -0.4 is 5.56 Å². The third kappa shape index (κ3) is 4.65. The van der Waals surface area contributed by atoms with Crippen LogP contribution in [0.4, 0.5) is 0 Å². The van der Waals surface area contributed by atoms with Gasteiger partial charge in [0.25, 0.3) is 0 Å². The molecule has 3 heterocycles. The highest BCUT2D eigenvalue weighted by molar-refractivity contribution is 5.76. The van der Waals surface area contributed by atoms with Crippen molar-refractivity contribution in [2.45, 2.75) is 19.3 Å². The lowest BCUT2D eigenvalue weighted by atomic mass is 10.00. The van der Waals surface area contributed by atoms with Gasteiger partial charge >= 0.3 is 0 Å². The molecule has 3 rings (SSSR count). The van der Waals surface area contributed by atoms with E-state index in [-0.39, 0.29) is 11.5 Å². The number of carbonyl (C=O) groups is 1. The molecule has 2 aliphatic heterocycles. The lowest BCUT2D eigenvalue weighted by Crippen LogP contribution is -2.39. The van der Waals surface area contributed by atoms with Crippen molar-refractivity contribution in [2.75, 3.05) is 45.9 Å². The van der Waals surface area contributed by atoms with Gasteiger partial charge in [0.05, 0.1) is 13.2 Å². The maximum absolute atomic E-state index is 12.4. The molecule has 1 amide bonds. The summed E-state index contributed by atoms with van der Waals surface area (Å²) < 4.78 is 5.33. The fraction of sp³-hybridized carbons (Fsp3) is 0.647. The smallest absolute Gasteiger partial charge is 0.247 e. The van der Waals surface area contributed by atoms with E-state index in [1.807, 2.05) is 11.0 Å². The fourth-order valence-electron chi connectivity index (χ4n) is 3.37. The Morgan fingerprint density at radius 1 is 1.26 bits per heavy atom. The normalized spacial score (nSPS) is 22.4. The molecule has 0 aromatic carbocycles. The summed E-state index contributed by atoms with van der Waals surface area (Å²) >= 11 is 0. The van der Waals surface area contributed by atoms with Gasteiger partial charge in [-0.25, -0.2) is 0 Å². The second-order valence-corrected chi connectivity index (χ2v) is 6.46. The Morgan fingerprint density at radius 3 is 2.83 bits per heavy atom. The zero-order chi connectivity index (χ0) is 16.1. The Kier molecular flexibility index (Phi) is 5.46. The molecule has 2 saturated heterocycles. The van der Waals surface area contributed by atoms with E-state index < -0.39 is 0 Å². The van der Waals surface area contributed by atoms with Gasteiger partial charge in [-0.05, 0) is 24.3 Å². The minimum Gasteiger partial charge on any atom is -0.379 e. The summed E-state index contributed by atoms with van der Waals surface area (Å²) in [6.07, 6.45) is 4.35. The minimum atomic E-state index is -0.0694. The van der Waals surface area contributed by atoms with Crippen LogP contribution in [0.2, 0.25) is 0 Å². The molecule has 6 heteroatoms. The average Bonchev–Trinajstić information content (AvgIpc) is 3.04. The van der Waals surface area contributed by atoms with Crippen molar-refractivity contribution in [3.05, 3.63) is 34.2 Å². The highest BCUT2D eigenvalue weighted by atomic mass is 16.5. The zero-order valence-corrected chi connectivity index (χ0v) is 13.5. The van der Waals surface area contributed by atoms with Gasteiger partial charge in [0.2, 0.25) is 11.5 Å². The predicted molar refractivity (Wildman–Crippen MR) is 87.3 cm³/mol. The molecular formula is C17H25N3O3. The number of nitrogens with zero attached hydrogens (tertiary/aromatic N) is 2. The molecule has 1 aromatic heterocycles. The quantitative estimate of drug-likeness (QED) is 0.858. The maximum atomic E-state index is 12.4. The summed E-state index contributed by atoms with van der Waals surface area (Å²) in [7, 11) is 0. The number of hydrogen-bond donors (Lipinski definition) is 1. The molecule has 1 atom stereocenters. The van der Waals surface area contributed by atoms with E-state index in [4.69, 9.17) is 4.74 Å². The van der Waals surface area contributed by atoms with E-state index in [2.05, 4.69) is 9.88 Å². The summed E-state index contributed by atoms with van der Waals surface area (Å²) in [6.45, 7) is 5.95. The van der Waals surface area contributed by atoms with Crippen molar-refractivity contribution < 1.29 is 9.53 Å². The number of ether oxygens (including phenoxy) is 1. The van der Waals surface area contributed by atoms with Gasteiger partial charge < -0.3 is 14.6 Å². The average molecular weight is 319 g/mol. The Hall–Kier alpha value is -1.66. The van der Waals surface area contributed by atoms with Crippen LogP contribution in [0.5, 0.6) is 0 Å². The Labute approximate surface area is 136 Å². The third-order valence-electron chi connectivity index (χ3n) is 4.76. The number of rotatable bonds is 5. The topological polar surface area (TPSA) is 65.6 Å². The van der Waals surface area contributed by atoms with E-state index >= 15 is 0 Å². The Bertz CT molecular complexity index is 560. The fourth-order valence-corrected chi connectivity index (χ4v) is 3.37. The molecule has 1 unspecified atom stereocenters. The summed E-state index contributed by atoms with van der Waals surface area (Å²) in [5, 5.41) is 0. The van der Waals surface area contributed by atoms with Gasteiger partial charge in [0.15, 0.2) is 0 Å². The molecular weight excluding hydrogens is 294 g/mol.